The van der Waals surface area contributed by atoms with Crippen LogP contribution in [-0.2, 0) is 9.59 Å². The second kappa shape index (κ2) is 7.46. The van der Waals surface area contributed by atoms with E-state index in [0.29, 0.717) is 29.9 Å². The van der Waals surface area contributed by atoms with Crippen LogP contribution in [0.15, 0.2) is 48.5 Å². The molecule has 1 atom stereocenters. The van der Waals surface area contributed by atoms with E-state index in [1.54, 1.807) is 29.2 Å². The van der Waals surface area contributed by atoms with Gasteiger partial charge in [0.1, 0.15) is 12.6 Å². The summed E-state index contributed by atoms with van der Waals surface area (Å²) in [6.45, 7) is 2.43. The van der Waals surface area contributed by atoms with Crippen molar-refractivity contribution in [3.8, 4) is 0 Å². The number of nitrogens with zero attached hydrogens (tertiary/aromatic N) is 2. The molecule has 1 N–H and O–H groups in total. The van der Waals surface area contributed by atoms with Crippen molar-refractivity contribution in [1.82, 2.24) is 4.90 Å². The van der Waals surface area contributed by atoms with Gasteiger partial charge < -0.3 is 15.1 Å². The van der Waals surface area contributed by atoms with Crippen LogP contribution in [0.5, 0.6) is 0 Å². The summed E-state index contributed by atoms with van der Waals surface area (Å²) in [6.07, 6.45) is 2.43. The molecule has 6 heteroatoms. The fourth-order valence-corrected chi connectivity index (χ4v) is 3.92. The maximum absolute atomic E-state index is 13.3. The molecule has 0 radical (unpaired) electrons. The molecule has 2 aromatic rings. The summed E-state index contributed by atoms with van der Waals surface area (Å²) in [6, 6.07) is 14.0. The fraction of sp³-hybridized carbons (Fsp3) is 0.318. The number of fused-ring (bicyclic) bond motifs is 2. The number of nitrogens with one attached hydrogen (secondary N) is 1. The molecule has 0 spiro atoms. The van der Waals surface area contributed by atoms with Crippen LogP contribution in [0.3, 0.4) is 0 Å². The molecule has 4 rings (SSSR count). The molecule has 28 heavy (non-hydrogen) atoms. The van der Waals surface area contributed by atoms with E-state index in [9.17, 15) is 14.4 Å². The third-order valence-corrected chi connectivity index (χ3v) is 5.38. The number of anilines is 2. The van der Waals surface area contributed by atoms with Gasteiger partial charge in [-0.2, -0.15) is 0 Å². The number of hydrogen-bond donors (Lipinski definition) is 1. The van der Waals surface area contributed by atoms with Crippen molar-refractivity contribution in [3.05, 3.63) is 59.7 Å². The number of carbonyl (C=O) groups is 3. The Labute approximate surface area is 164 Å². The molecule has 6 nitrogen and oxygen atoms in total. The van der Waals surface area contributed by atoms with Crippen LogP contribution in [0.1, 0.15) is 35.2 Å². The van der Waals surface area contributed by atoms with Crippen LogP contribution >= 0.6 is 0 Å². The van der Waals surface area contributed by atoms with Gasteiger partial charge in [-0.15, -0.1) is 0 Å². The van der Waals surface area contributed by atoms with Gasteiger partial charge >= 0.3 is 0 Å². The lowest BCUT2D eigenvalue weighted by atomic mass is 10.0. The topological polar surface area (TPSA) is 69.7 Å². The Morgan fingerprint density at radius 3 is 2.61 bits per heavy atom. The number of aryl methyl sites for hydroxylation is 1. The number of benzene rings is 2. The van der Waals surface area contributed by atoms with Crippen molar-refractivity contribution in [2.45, 2.75) is 32.2 Å². The summed E-state index contributed by atoms with van der Waals surface area (Å²) in [5.41, 5.74) is 2.77. The molecule has 2 aliphatic rings. The first kappa shape index (κ1) is 18.2. The fourth-order valence-electron chi connectivity index (χ4n) is 3.92. The van der Waals surface area contributed by atoms with Gasteiger partial charge in [-0.25, -0.2) is 0 Å². The monoisotopic (exact) mass is 377 g/mol. The zero-order valence-electron chi connectivity index (χ0n) is 15.9. The molecule has 0 bridgehead atoms. The Bertz CT molecular complexity index is 923. The Balaban J connectivity index is 1.63. The Morgan fingerprint density at radius 1 is 1.07 bits per heavy atom. The van der Waals surface area contributed by atoms with E-state index < -0.39 is 6.04 Å². The molecule has 0 saturated carbocycles. The van der Waals surface area contributed by atoms with E-state index in [2.05, 4.69) is 5.32 Å². The summed E-state index contributed by atoms with van der Waals surface area (Å²) >= 11 is 0. The van der Waals surface area contributed by atoms with E-state index in [0.717, 1.165) is 18.4 Å². The molecule has 2 aromatic carbocycles. The number of piperidine rings is 1. The highest BCUT2D eigenvalue weighted by atomic mass is 16.2. The number of carbonyl (C=O) groups excluding carboxylic acids is 3. The van der Waals surface area contributed by atoms with E-state index in [1.807, 2.05) is 31.2 Å². The predicted molar refractivity (Wildman–Crippen MR) is 107 cm³/mol. The first-order chi connectivity index (χ1) is 13.5. The maximum atomic E-state index is 13.3. The van der Waals surface area contributed by atoms with Crippen molar-refractivity contribution < 1.29 is 14.4 Å². The maximum Gasteiger partial charge on any atom is 0.256 e. The first-order valence-corrected chi connectivity index (χ1v) is 9.62. The summed E-state index contributed by atoms with van der Waals surface area (Å²) in [5, 5.41) is 2.84. The lowest BCUT2D eigenvalue weighted by molar-refractivity contribution is -0.125. The Hall–Kier alpha value is -3.15. The van der Waals surface area contributed by atoms with E-state index in [1.165, 1.54) is 4.90 Å². The zero-order chi connectivity index (χ0) is 19.7. The minimum Gasteiger partial charge on any atom is -0.327 e. The van der Waals surface area contributed by atoms with Crippen molar-refractivity contribution in [2.24, 2.45) is 0 Å². The molecule has 2 heterocycles. The van der Waals surface area contributed by atoms with Crippen LogP contribution in [0.25, 0.3) is 0 Å². The van der Waals surface area contributed by atoms with Crippen LogP contribution in [0.4, 0.5) is 11.4 Å². The van der Waals surface area contributed by atoms with Crippen molar-refractivity contribution in [1.29, 1.82) is 0 Å². The van der Waals surface area contributed by atoms with Gasteiger partial charge in [-0.3, -0.25) is 14.4 Å². The van der Waals surface area contributed by atoms with Gasteiger partial charge in [0, 0.05) is 12.2 Å². The van der Waals surface area contributed by atoms with Crippen LogP contribution in [-0.4, -0.2) is 41.8 Å². The van der Waals surface area contributed by atoms with E-state index in [-0.39, 0.29) is 24.3 Å². The van der Waals surface area contributed by atoms with E-state index >= 15 is 0 Å². The lowest BCUT2D eigenvalue weighted by Crippen LogP contribution is -2.52. The van der Waals surface area contributed by atoms with Crippen LogP contribution in [0, 0.1) is 6.92 Å². The van der Waals surface area contributed by atoms with Gasteiger partial charge in [0.15, 0.2) is 0 Å². The van der Waals surface area contributed by atoms with Gasteiger partial charge in [0.25, 0.3) is 5.91 Å². The molecule has 0 aromatic heterocycles. The van der Waals surface area contributed by atoms with Crippen LogP contribution < -0.4 is 10.2 Å². The highest BCUT2D eigenvalue weighted by molar-refractivity contribution is 6.13. The van der Waals surface area contributed by atoms with Gasteiger partial charge in [-0.05, 0) is 50.5 Å². The normalized spacial score (nSPS) is 19.0. The first-order valence-electron chi connectivity index (χ1n) is 9.62. The smallest absolute Gasteiger partial charge is 0.256 e. The molecule has 0 unspecified atom stereocenters. The predicted octanol–water partition coefficient (Wildman–Crippen LogP) is 2.98. The zero-order valence-corrected chi connectivity index (χ0v) is 15.9. The van der Waals surface area contributed by atoms with Crippen molar-refractivity contribution >= 4 is 29.1 Å². The summed E-state index contributed by atoms with van der Waals surface area (Å²) in [5.74, 6) is -0.601. The van der Waals surface area contributed by atoms with E-state index in [4.69, 9.17) is 0 Å². The Kier molecular flexibility index (Phi) is 4.86. The molecule has 3 amide bonds. The minimum atomic E-state index is -0.499. The molecular weight excluding hydrogens is 354 g/mol. The van der Waals surface area contributed by atoms with Crippen LogP contribution in [0.2, 0.25) is 0 Å². The average molecular weight is 377 g/mol. The SMILES string of the molecule is Cc1ccc(NC(=O)CN2C(=O)[C@@H]3CCCCN3C(=O)c3ccccc32)cc1. The number of para-hydroxylation sites is 1. The largest absolute Gasteiger partial charge is 0.327 e. The third kappa shape index (κ3) is 3.38. The molecule has 0 aliphatic carbocycles. The second-order valence-corrected chi connectivity index (χ2v) is 7.37. The molecular formula is C22H23N3O3. The highest BCUT2D eigenvalue weighted by Gasteiger charge is 2.40. The summed E-state index contributed by atoms with van der Waals surface area (Å²) in [7, 11) is 0. The minimum absolute atomic E-state index is 0.124. The number of amides is 3. The quantitative estimate of drug-likeness (QED) is 0.894. The van der Waals surface area contributed by atoms with Crippen molar-refractivity contribution in [2.75, 3.05) is 23.3 Å². The lowest BCUT2D eigenvalue weighted by Gasteiger charge is -2.34. The highest BCUT2D eigenvalue weighted by Crippen LogP contribution is 2.31. The number of rotatable bonds is 3. The van der Waals surface area contributed by atoms with Gasteiger partial charge in [0.2, 0.25) is 11.8 Å². The number of hydrogen-bond acceptors (Lipinski definition) is 3. The van der Waals surface area contributed by atoms with Gasteiger partial charge in [0.05, 0.1) is 11.3 Å². The van der Waals surface area contributed by atoms with Crippen molar-refractivity contribution in [3.63, 3.8) is 0 Å². The Morgan fingerprint density at radius 2 is 1.82 bits per heavy atom. The molecule has 1 fully saturated rings. The standard InChI is InChI=1S/C22H23N3O3/c1-15-9-11-16(12-10-15)23-20(26)14-25-18-7-3-2-6-17(18)21(27)24-13-5-4-8-19(24)22(25)28/h2-3,6-7,9-12,19H,4-5,8,13-14H2,1H3,(H,23,26)/t19-/m0/s1. The second-order valence-electron chi connectivity index (χ2n) is 7.37. The third-order valence-electron chi connectivity index (χ3n) is 5.38. The summed E-state index contributed by atoms with van der Waals surface area (Å²) < 4.78 is 0. The van der Waals surface area contributed by atoms with Gasteiger partial charge in [-0.1, -0.05) is 29.8 Å². The summed E-state index contributed by atoms with van der Waals surface area (Å²) in [4.78, 5) is 42.1. The molecule has 1 saturated heterocycles. The average Bonchev–Trinajstić information content (AvgIpc) is 2.80. The molecule has 144 valence electrons. The molecule has 2 aliphatic heterocycles.